The molecule has 1 aromatic rings. The average molecular weight is 252 g/mol. The molecule has 3 heteroatoms. The van der Waals surface area contributed by atoms with Crippen LogP contribution in [-0.4, -0.2) is 6.61 Å². The number of hydrogen-bond acceptors (Lipinski definition) is 2. The maximum atomic E-state index is 8.73. The van der Waals surface area contributed by atoms with Crippen LogP contribution in [-0.2, 0) is 11.3 Å². The minimum absolute atomic E-state index is 0.515. The van der Waals surface area contributed by atoms with Crippen molar-refractivity contribution >= 4 is 11.6 Å². The summed E-state index contributed by atoms with van der Waals surface area (Å²) in [5.41, 5.74) is 1.52. The zero-order valence-corrected chi connectivity index (χ0v) is 11.1. The third-order valence-corrected chi connectivity index (χ3v) is 3.30. The lowest BCUT2D eigenvalue weighted by Gasteiger charge is -2.13. The van der Waals surface area contributed by atoms with Crippen molar-refractivity contribution in [3.8, 4) is 6.07 Å². The van der Waals surface area contributed by atoms with Crippen molar-refractivity contribution in [2.45, 2.75) is 33.3 Å². The molecule has 0 bridgehead atoms. The van der Waals surface area contributed by atoms with E-state index in [-0.39, 0.29) is 0 Å². The molecule has 92 valence electrons. The van der Waals surface area contributed by atoms with E-state index in [2.05, 4.69) is 19.9 Å². The van der Waals surface area contributed by atoms with Gasteiger partial charge in [0.2, 0.25) is 0 Å². The highest BCUT2D eigenvalue weighted by atomic mass is 35.5. The fourth-order valence-corrected chi connectivity index (χ4v) is 1.83. The van der Waals surface area contributed by atoms with Crippen LogP contribution >= 0.6 is 11.6 Å². The first kappa shape index (κ1) is 14.0. The molecule has 0 aliphatic rings. The van der Waals surface area contributed by atoms with Crippen LogP contribution < -0.4 is 0 Å². The molecule has 0 heterocycles. The Hall–Kier alpha value is -1.04. The SMILES string of the molecule is CCC(CC)COCc1ccc(C#N)cc1Cl. The van der Waals surface area contributed by atoms with Crippen LogP contribution in [0, 0.1) is 17.2 Å². The van der Waals surface area contributed by atoms with Gasteiger partial charge < -0.3 is 4.74 Å². The number of halogens is 1. The minimum atomic E-state index is 0.515. The molecule has 0 N–H and O–H groups in total. The van der Waals surface area contributed by atoms with Gasteiger partial charge in [0.1, 0.15) is 0 Å². The maximum Gasteiger partial charge on any atom is 0.0992 e. The summed E-state index contributed by atoms with van der Waals surface area (Å²) in [6.45, 7) is 5.63. The number of rotatable bonds is 6. The summed E-state index contributed by atoms with van der Waals surface area (Å²) in [4.78, 5) is 0. The molecule has 0 spiro atoms. The van der Waals surface area contributed by atoms with E-state index in [9.17, 15) is 0 Å². The van der Waals surface area contributed by atoms with E-state index in [0.29, 0.717) is 23.1 Å². The molecule has 0 saturated carbocycles. The highest BCUT2D eigenvalue weighted by molar-refractivity contribution is 6.31. The second-order valence-electron chi connectivity index (χ2n) is 4.12. The molecule has 0 radical (unpaired) electrons. The Kier molecular flexibility index (Phi) is 6.04. The van der Waals surface area contributed by atoms with Gasteiger partial charge in [0, 0.05) is 11.6 Å². The zero-order chi connectivity index (χ0) is 12.7. The van der Waals surface area contributed by atoms with Gasteiger partial charge in [-0.25, -0.2) is 0 Å². The molecule has 0 aliphatic carbocycles. The summed E-state index contributed by atoms with van der Waals surface area (Å²) in [5, 5.41) is 9.33. The Morgan fingerprint density at radius 1 is 1.35 bits per heavy atom. The summed E-state index contributed by atoms with van der Waals surface area (Å²) in [7, 11) is 0. The molecular formula is C14H18ClNO. The fourth-order valence-electron chi connectivity index (χ4n) is 1.59. The second-order valence-corrected chi connectivity index (χ2v) is 4.52. The molecule has 2 nitrogen and oxygen atoms in total. The number of ether oxygens (including phenoxy) is 1. The van der Waals surface area contributed by atoms with Crippen molar-refractivity contribution in [2.24, 2.45) is 5.92 Å². The predicted molar refractivity (Wildman–Crippen MR) is 69.9 cm³/mol. The summed E-state index contributed by atoms with van der Waals surface area (Å²) in [6, 6.07) is 7.36. The van der Waals surface area contributed by atoms with Crippen LogP contribution in [0.3, 0.4) is 0 Å². The zero-order valence-electron chi connectivity index (χ0n) is 10.4. The van der Waals surface area contributed by atoms with Crippen LogP contribution in [0.1, 0.15) is 37.8 Å². The molecule has 1 rings (SSSR count). The van der Waals surface area contributed by atoms with E-state index < -0.39 is 0 Å². The lowest BCUT2D eigenvalue weighted by molar-refractivity contribution is 0.0844. The van der Waals surface area contributed by atoms with E-state index in [1.165, 1.54) is 0 Å². The monoisotopic (exact) mass is 251 g/mol. The Bertz CT molecular complexity index is 394. The van der Waals surface area contributed by atoms with Gasteiger partial charge in [-0.15, -0.1) is 0 Å². The second kappa shape index (κ2) is 7.32. The van der Waals surface area contributed by atoms with E-state index >= 15 is 0 Å². The molecule has 0 saturated heterocycles. The van der Waals surface area contributed by atoms with Gasteiger partial charge in [-0.3, -0.25) is 0 Å². The first-order valence-corrected chi connectivity index (χ1v) is 6.35. The molecular weight excluding hydrogens is 234 g/mol. The van der Waals surface area contributed by atoms with Gasteiger partial charge >= 0.3 is 0 Å². The van der Waals surface area contributed by atoms with Crippen molar-refractivity contribution < 1.29 is 4.74 Å². The minimum Gasteiger partial charge on any atom is -0.376 e. The summed E-state index contributed by atoms with van der Waals surface area (Å²) < 4.78 is 5.65. The van der Waals surface area contributed by atoms with Gasteiger partial charge in [-0.2, -0.15) is 5.26 Å². The van der Waals surface area contributed by atoms with Gasteiger partial charge in [0.25, 0.3) is 0 Å². The van der Waals surface area contributed by atoms with Crippen molar-refractivity contribution in [3.63, 3.8) is 0 Å². The topological polar surface area (TPSA) is 33.0 Å². The van der Waals surface area contributed by atoms with Crippen molar-refractivity contribution in [2.75, 3.05) is 6.61 Å². The van der Waals surface area contributed by atoms with Gasteiger partial charge in [0.15, 0.2) is 0 Å². The normalized spacial score (nSPS) is 10.5. The quantitative estimate of drug-likeness (QED) is 0.760. The molecule has 0 aliphatic heterocycles. The Labute approximate surface area is 108 Å². The fraction of sp³-hybridized carbons (Fsp3) is 0.500. The lowest BCUT2D eigenvalue weighted by atomic mass is 10.1. The summed E-state index contributed by atoms with van der Waals surface area (Å²) >= 11 is 6.06. The van der Waals surface area contributed by atoms with E-state index in [0.717, 1.165) is 25.0 Å². The Morgan fingerprint density at radius 2 is 2.06 bits per heavy atom. The molecule has 0 amide bonds. The van der Waals surface area contributed by atoms with Crippen molar-refractivity contribution in [1.29, 1.82) is 5.26 Å². The van der Waals surface area contributed by atoms with Crippen molar-refractivity contribution in [3.05, 3.63) is 34.3 Å². The Morgan fingerprint density at radius 3 is 2.59 bits per heavy atom. The molecule has 0 atom stereocenters. The predicted octanol–water partition coefficient (Wildman–Crippen LogP) is 4.16. The number of hydrogen-bond donors (Lipinski definition) is 0. The molecule has 0 unspecified atom stereocenters. The third kappa shape index (κ3) is 4.38. The number of nitrogens with zero attached hydrogens (tertiary/aromatic N) is 1. The number of benzene rings is 1. The summed E-state index contributed by atoms with van der Waals surface area (Å²) in [6.07, 6.45) is 2.27. The van der Waals surface area contributed by atoms with E-state index in [1.807, 2.05) is 6.07 Å². The summed E-state index contributed by atoms with van der Waals surface area (Å²) in [5.74, 6) is 0.618. The first-order valence-electron chi connectivity index (χ1n) is 5.97. The van der Waals surface area contributed by atoms with E-state index in [1.54, 1.807) is 12.1 Å². The third-order valence-electron chi connectivity index (χ3n) is 2.95. The Balaban J connectivity index is 2.50. The molecule has 0 fully saturated rings. The first-order chi connectivity index (χ1) is 8.21. The van der Waals surface area contributed by atoms with Crippen LogP contribution in [0.25, 0.3) is 0 Å². The average Bonchev–Trinajstić information content (AvgIpc) is 2.36. The van der Waals surface area contributed by atoms with Gasteiger partial charge in [0.05, 0.1) is 18.2 Å². The smallest absolute Gasteiger partial charge is 0.0992 e. The van der Waals surface area contributed by atoms with Crippen LogP contribution in [0.5, 0.6) is 0 Å². The molecule has 0 aromatic heterocycles. The standard InChI is InChI=1S/C14H18ClNO/c1-3-11(4-2)9-17-10-13-6-5-12(8-16)7-14(13)15/h5-7,11H,3-4,9-10H2,1-2H3. The lowest BCUT2D eigenvalue weighted by Crippen LogP contribution is -2.07. The molecule has 17 heavy (non-hydrogen) atoms. The maximum absolute atomic E-state index is 8.73. The van der Waals surface area contributed by atoms with Crippen LogP contribution in [0.4, 0.5) is 0 Å². The van der Waals surface area contributed by atoms with E-state index in [4.69, 9.17) is 21.6 Å². The molecule has 1 aromatic carbocycles. The van der Waals surface area contributed by atoms with Crippen LogP contribution in [0.2, 0.25) is 5.02 Å². The van der Waals surface area contributed by atoms with Gasteiger partial charge in [-0.05, 0) is 23.6 Å². The number of nitriles is 1. The highest BCUT2D eigenvalue weighted by Crippen LogP contribution is 2.19. The largest absolute Gasteiger partial charge is 0.376 e. The van der Waals surface area contributed by atoms with Gasteiger partial charge in [-0.1, -0.05) is 44.4 Å². The van der Waals surface area contributed by atoms with Crippen molar-refractivity contribution in [1.82, 2.24) is 0 Å². The highest BCUT2D eigenvalue weighted by Gasteiger charge is 2.05. The van der Waals surface area contributed by atoms with Crippen LogP contribution in [0.15, 0.2) is 18.2 Å².